The zero-order valence-electron chi connectivity index (χ0n) is 13.2. The molecule has 0 spiro atoms. The predicted octanol–water partition coefficient (Wildman–Crippen LogP) is 5.14. The Hall–Kier alpha value is -2.09. The highest BCUT2D eigenvalue weighted by Gasteiger charge is 2.15. The lowest BCUT2D eigenvalue weighted by Crippen LogP contribution is -1.95. The van der Waals surface area contributed by atoms with Gasteiger partial charge in [-0.15, -0.1) is 21.5 Å². The van der Waals surface area contributed by atoms with E-state index in [9.17, 15) is 0 Å². The number of thiophene rings is 1. The van der Waals surface area contributed by atoms with E-state index in [1.54, 1.807) is 23.1 Å². The zero-order chi connectivity index (χ0) is 17.2. The fourth-order valence-corrected chi connectivity index (χ4v) is 4.06. The molecule has 0 aliphatic heterocycles. The maximum atomic E-state index is 6.26. The van der Waals surface area contributed by atoms with E-state index in [-0.39, 0.29) is 0 Å². The van der Waals surface area contributed by atoms with Crippen LogP contribution in [-0.4, -0.2) is 19.9 Å². The molecule has 0 unspecified atom stereocenters. The van der Waals surface area contributed by atoms with E-state index in [1.807, 2.05) is 59.5 Å². The average molecular weight is 389 g/mol. The van der Waals surface area contributed by atoms with Gasteiger partial charge in [-0.05, 0) is 23.6 Å². The van der Waals surface area contributed by atoms with Crippen LogP contribution in [0.25, 0.3) is 22.0 Å². The van der Waals surface area contributed by atoms with Gasteiger partial charge in [0.25, 0.3) is 0 Å². The minimum Gasteiger partial charge on any atom is -0.355 e. The van der Waals surface area contributed by atoms with Crippen molar-refractivity contribution in [2.24, 2.45) is 7.05 Å². The third-order valence-electron chi connectivity index (χ3n) is 3.62. The molecule has 0 N–H and O–H groups in total. The van der Waals surface area contributed by atoms with Crippen molar-refractivity contribution in [2.75, 3.05) is 0 Å². The van der Waals surface area contributed by atoms with Gasteiger partial charge >= 0.3 is 0 Å². The van der Waals surface area contributed by atoms with Crippen LogP contribution < -0.4 is 0 Å². The Morgan fingerprint density at radius 1 is 1.20 bits per heavy atom. The Balaban J connectivity index is 1.50. The molecule has 0 aliphatic rings. The van der Waals surface area contributed by atoms with Crippen molar-refractivity contribution in [1.82, 2.24) is 19.9 Å². The first-order chi connectivity index (χ1) is 12.2. The molecule has 0 fully saturated rings. The molecule has 0 radical (unpaired) electrons. The number of halogens is 1. The van der Waals surface area contributed by atoms with Gasteiger partial charge in [-0.2, -0.15) is 0 Å². The molecule has 0 amide bonds. The van der Waals surface area contributed by atoms with E-state index in [4.69, 9.17) is 16.1 Å². The van der Waals surface area contributed by atoms with Gasteiger partial charge in [0, 0.05) is 24.4 Å². The first-order valence-corrected chi connectivity index (χ1v) is 9.73. The van der Waals surface area contributed by atoms with E-state index in [0.717, 1.165) is 32.9 Å². The lowest BCUT2D eigenvalue weighted by atomic mass is 10.2. The van der Waals surface area contributed by atoms with Crippen molar-refractivity contribution in [1.29, 1.82) is 0 Å². The molecular formula is C17H13ClN4OS2. The summed E-state index contributed by atoms with van der Waals surface area (Å²) in [6.45, 7) is 0. The second-order valence-electron chi connectivity index (χ2n) is 5.29. The molecule has 3 heterocycles. The Labute approximate surface area is 157 Å². The van der Waals surface area contributed by atoms with Crippen LogP contribution >= 0.6 is 34.7 Å². The molecule has 8 heteroatoms. The maximum absolute atomic E-state index is 6.26. The van der Waals surface area contributed by atoms with Crippen LogP contribution in [0.2, 0.25) is 5.02 Å². The molecule has 0 atom stereocenters. The summed E-state index contributed by atoms with van der Waals surface area (Å²) >= 11 is 9.44. The number of nitrogens with zero attached hydrogens (tertiary/aromatic N) is 4. The Morgan fingerprint density at radius 2 is 2.08 bits per heavy atom. The first kappa shape index (κ1) is 16.4. The van der Waals surface area contributed by atoms with Crippen LogP contribution in [-0.2, 0) is 12.8 Å². The van der Waals surface area contributed by atoms with Gasteiger partial charge in [-0.3, -0.25) is 0 Å². The summed E-state index contributed by atoms with van der Waals surface area (Å²) in [6, 6.07) is 13.6. The fourth-order valence-electron chi connectivity index (χ4n) is 2.37. The molecule has 25 heavy (non-hydrogen) atoms. The third kappa shape index (κ3) is 3.35. The summed E-state index contributed by atoms with van der Waals surface area (Å²) in [5, 5.41) is 16.1. The van der Waals surface area contributed by atoms with Crippen molar-refractivity contribution in [3.8, 4) is 22.0 Å². The topological polar surface area (TPSA) is 56.7 Å². The van der Waals surface area contributed by atoms with Crippen molar-refractivity contribution in [2.45, 2.75) is 10.9 Å². The van der Waals surface area contributed by atoms with Crippen LogP contribution in [0, 0.1) is 0 Å². The van der Waals surface area contributed by atoms with Gasteiger partial charge < -0.3 is 9.09 Å². The van der Waals surface area contributed by atoms with Crippen LogP contribution in [0.1, 0.15) is 5.69 Å². The van der Waals surface area contributed by atoms with Gasteiger partial charge in [0.2, 0.25) is 0 Å². The van der Waals surface area contributed by atoms with Crippen LogP contribution in [0.5, 0.6) is 0 Å². The van der Waals surface area contributed by atoms with Gasteiger partial charge in [-0.1, -0.05) is 46.7 Å². The molecule has 3 aromatic heterocycles. The monoisotopic (exact) mass is 388 g/mol. The van der Waals surface area contributed by atoms with Crippen molar-refractivity contribution in [3.05, 3.63) is 58.6 Å². The van der Waals surface area contributed by atoms with Crippen molar-refractivity contribution < 1.29 is 4.52 Å². The molecule has 0 bridgehead atoms. The highest BCUT2D eigenvalue weighted by molar-refractivity contribution is 7.98. The number of rotatable bonds is 5. The summed E-state index contributed by atoms with van der Waals surface area (Å²) < 4.78 is 7.34. The molecule has 4 aromatic rings. The largest absolute Gasteiger partial charge is 0.355 e. The van der Waals surface area contributed by atoms with E-state index < -0.39 is 0 Å². The van der Waals surface area contributed by atoms with Gasteiger partial charge in [-0.25, -0.2) is 0 Å². The summed E-state index contributed by atoms with van der Waals surface area (Å²) in [7, 11) is 1.93. The molecule has 5 nitrogen and oxygen atoms in total. The summed E-state index contributed by atoms with van der Waals surface area (Å²) in [6.07, 6.45) is 0. The maximum Gasteiger partial charge on any atom is 0.191 e. The predicted molar refractivity (Wildman–Crippen MR) is 101 cm³/mol. The highest BCUT2D eigenvalue weighted by atomic mass is 35.5. The van der Waals surface area contributed by atoms with Crippen LogP contribution in [0.4, 0.5) is 0 Å². The van der Waals surface area contributed by atoms with E-state index in [1.165, 1.54) is 0 Å². The SMILES string of the molecule is Cn1c(SCc2cc(-c3cccs3)on2)nnc1-c1ccccc1Cl. The number of benzene rings is 1. The quantitative estimate of drug-likeness (QED) is 0.443. The Bertz CT molecular complexity index is 994. The minimum absolute atomic E-state index is 0.656. The number of aromatic nitrogens is 4. The number of thioether (sulfide) groups is 1. The second-order valence-corrected chi connectivity index (χ2v) is 7.59. The first-order valence-electron chi connectivity index (χ1n) is 7.49. The van der Waals surface area contributed by atoms with Gasteiger partial charge in [0.1, 0.15) is 0 Å². The smallest absolute Gasteiger partial charge is 0.191 e. The average Bonchev–Trinajstić information content (AvgIpc) is 3.35. The summed E-state index contributed by atoms with van der Waals surface area (Å²) in [4.78, 5) is 1.07. The zero-order valence-corrected chi connectivity index (χ0v) is 15.6. The molecule has 1 aromatic carbocycles. The number of hydrogen-bond donors (Lipinski definition) is 0. The van der Waals surface area contributed by atoms with Gasteiger partial charge in [0.05, 0.1) is 15.6 Å². The number of hydrogen-bond acceptors (Lipinski definition) is 6. The molecule has 0 saturated heterocycles. The van der Waals surface area contributed by atoms with E-state index >= 15 is 0 Å². The lowest BCUT2D eigenvalue weighted by Gasteiger charge is -2.04. The third-order valence-corrected chi connectivity index (χ3v) is 5.89. The van der Waals surface area contributed by atoms with Crippen molar-refractivity contribution in [3.63, 3.8) is 0 Å². The minimum atomic E-state index is 0.656. The standard InChI is InChI=1S/C17H13ClN4OS2/c1-22-16(12-5-2-3-6-13(12)18)19-20-17(22)25-10-11-9-14(23-21-11)15-7-4-8-24-15/h2-9H,10H2,1H3. The van der Waals surface area contributed by atoms with Crippen LogP contribution in [0.3, 0.4) is 0 Å². The van der Waals surface area contributed by atoms with Gasteiger partial charge in [0.15, 0.2) is 16.7 Å². The van der Waals surface area contributed by atoms with Crippen molar-refractivity contribution >= 4 is 34.7 Å². The Morgan fingerprint density at radius 3 is 2.88 bits per heavy atom. The lowest BCUT2D eigenvalue weighted by molar-refractivity contribution is 0.427. The Kier molecular flexibility index (Phi) is 4.61. The van der Waals surface area contributed by atoms with E-state index in [0.29, 0.717) is 10.8 Å². The highest BCUT2D eigenvalue weighted by Crippen LogP contribution is 2.30. The second kappa shape index (κ2) is 7.03. The van der Waals surface area contributed by atoms with Crippen LogP contribution in [0.15, 0.2) is 57.5 Å². The molecule has 0 aliphatic carbocycles. The molecule has 126 valence electrons. The summed E-state index contributed by atoms with van der Waals surface area (Å²) in [5.74, 6) is 2.19. The normalized spacial score (nSPS) is 11.1. The van der Waals surface area contributed by atoms with E-state index in [2.05, 4.69) is 15.4 Å². The summed E-state index contributed by atoms with van der Waals surface area (Å²) in [5.41, 5.74) is 1.74. The molecule has 4 rings (SSSR count). The molecule has 0 saturated carbocycles. The fraction of sp³-hybridized carbons (Fsp3) is 0.118. The molecular weight excluding hydrogens is 376 g/mol.